The maximum Gasteiger partial charge on any atom is 0.329 e. The van der Waals surface area contributed by atoms with Crippen molar-refractivity contribution >= 4 is 12.3 Å². The number of hydrogen-bond acceptors (Lipinski definition) is 3. The number of hydrogen-bond donors (Lipinski definition) is 0. The van der Waals surface area contributed by atoms with Gasteiger partial charge >= 0.3 is 5.97 Å². The average Bonchev–Trinajstić information content (AvgIpc) is 2.66. The van der Waals surface area contributed by atoms with E-state index in [0.717, 1.165) is 6.29 Å². The first-order valence-corrected chi connectivity index (χ1v) is 5.40. The average molecular weight is 223 g/mol. The van der Waals surface area contributed by atoms with Crippen molar-refractivity contribution in [2.24, 2.45) is 5.92 Å². The van der Waals surface area contributed by atoms with Crippen LogP contribution in [-0.2, 0) is 9.53 Å². The van der Waals surface area contributed by atoms with Crippen molar-refractivity contribution in [3.05, 3.63) is 24.0 Å². The van der Waals surface area contributed by atoms with E-state index in [1.165, 1.54) is 0 Å². The molecule has 1 heterocycles. The molecule has 1 atom stereocenters. The zero-order chi connectivity index (χ0) is 12.1. The Morgan fingerprint density at radius 2 is 2.25 bits per heavy atom. The molecule has 1 aromatic rings. The molecule has 0 aliphatic carbocycles. The van der Waals surface area contributed by atoms with Crippen molar-refractivity contribution in [2.75, 3.05) is 6.61 Å². The number of rotatable bonds is 5. The number of carbonyl (C=O) groups is 2. The minimum absolute atomic E-state index is 0.0742. The fourth-order valence-corrected chi connectivity index (χ4v) is 1.69. The first kappa shape index (κ1) is 12.5. The highest BCUT2D eigenvalue weighted by molar-refractivity contribution is 5.78. The summed E-state index contributed by atoms with van der Waals surface area (Å²) < 4.78 is 6.68. The molecule has 1 rings (SSSR count). The summed E-state index contributed by atoms with van der Waals surface area (Å²) in [5.74, 6) is -0.220. The Hall–Kier alpha value is -1.58. The summed E-state index contributed by atoms with van der Waals surface area (Å²) in [4.78, 5) is 22.6. The Kier molecular flexibility index (Phi) is 4.28. The maximum atomic E-state index is 11.8. The van der Waals surface area contributed by atoms with E-state index in [1.54, 1.807) is 29.8 Å². The van der Waals surface area contributed by atoms with Crippen LogP contribution in [0.3, 0.4) is 0 Å². The highest BCUT2D eigenvalue weighted by Gasteiger charge is 2.26. The second-order valence-electron chi connectivity index (χ2n) is 3.90. The minimum atomic E-state index is -0.435. The molecular formula is C12H17NO3. The van der Waals surface area contributed by atoms with Crippen LogP contribution in [0.25, 0.3) is 0 Å². The zero-order valence-corrected chi connectivity index (χ0v) is 9.84. The van der Waals surface area contributed by atoms with E-state index in [1.807, 2.05) is 13.8 Å². The van der Waals surface area contributed by atoms with Gasteiger partial charge in [0.15, 0.2) is 6.29 Å². The molecule has 4 heteroatoms. The lowest BCUT2D eigenvalue weighted by atomic mass is 10.0. The number of carbonyl (C=O) groups excluding carboxylic acids is 2. The lowest BCUT2D eigenvalue weighted by Crippen LogP contribution is -2.27. The van der Waals surface area contributed by atoms with Gasteiger partial charge in [-0.15, -0.1) is 0 Å². The highest BCUT2D eigenvalue weighted by Crippen LogP contribution is 2.21. The van der Waals surface area contributed by atoms with Crippen LogP contribution in [-0.4, -0.2) is 23.4 Å². The second-order valence-corrected chi connectivity index (χ2v) is 3.90. The van der Waals surface area contributed by atoms with Crippen LogP contribution in [0.5, 0.6) is 0 Å². The third kappa shape index (κ3) is 2.51. The fourth-order valence-electron chi connectivity index (χ4n) is 1.69. The molecule has 0 unspecified atom stereocenters. The van der Waals surface area contributed by atoms with Crippen LogP contribution < -0.4 is 0 Å². The summed E-state index contributed by atoms with van der Waals surface area (Å²) >= 11 is 0. The standard InChI is InChI=1S/C12H17NO3/c1-4-16-12(15)11(9(2)3)13-7-5-6-10(13)8-14/h5-9,11H,4H2,1-3H3/t11-/m0/s1. The second kappa shape index (κ2) is 5.49. The molecule has 0 fully saturated rings. The molecule has 0 saturated carbocycles. The van der Waals surface area contributed by atoms with Crippen molar-refractivity contribution in [1.82, 2.24) is 4.57 Å². The molecular weight excluding hydrogens is 206 g/mol. The van der Waals surface area contributed by atoms with E-state index in [-0.39, 0.29) is 11.9 Å². The summed E-state index contributed by atoms with van der Waals surface area (Å²) in [5, 5.41) is 0. The molecule has 0 radical (unpaired) electrons. The van der Waals surface area contributed by atoms with Gasteiger partial charge in [-0.3, -0.25) is 4.79 Å². The molecule has 1 aromatic heterocycles. The number of esters is 1. The van der Waals surface area contributed by atoms with Gasteiger partial charge in [0.1, 0.15) is 6.04 Å². The van der Waals surface area contributed by atoms with Crippen molar-refractivity contribution in [1.29, 1.82) is 0 Å². The van der Waals surface area contributed by atoms with E-state index in [4.69, 9.17) is 4.74 Å². The first-order valence-electron chi connectivity index (χ1n) is 5.40. The summed E-state index contributed by atoms with van der Waals surface area (Å²) in [6, 6.07) is 3.00. The van der Waals surface area contributed by atoms with Crippen LogP contribution in [0.1, 0.15) is 37.3 Å². The Morgan fingerprint density at radius 3 is 2.75 bits per heavy atom. The van der Waals surface area contributed by atoms with Crippen LogP contribution in [0.4, 0.5) is 0 Å². The molecule has 4 nitrogen and oxygen atoms in total. The van der Waals surface area contributed by atoms with Gasteiger partial charge in [-0.05, 0) is 25.0 Å². The molecule has 0 aliphatic rings. The van der Waals surface area contributed by atoms with Crippen LogP contribution in [0.15, 0.2) is 18.3 Å². The van der Waals surface area contributed by atoms with E-state index < -0.39 is 6.04 Å². The number of aromatic nitrogens is 1. The monoisotopic (exact) mass is 223 g/mol. The molecule has 0 aliphatic heterocycles. The highest BCUT2D eigenvalue weighted by atomic mass is 16.5. The Morgan fingerprint density at radius 1 is 1.56 bits per heavy atom. The molecule has 0 spiro atoms. The van der Waals surface area contributed by atoms with Gasteiger partial charge in [-0.25, -0.2) is 4.79 Å². The van der Waals surface area contributed by atoms with Gasteiger partial charge in [0.2, 0.25) is 0 Å². The summed E-state index contributed by atoms with van der Waals surface area (Å²) in [6.45, 7) is 5.97. The largest absolute Gasteiger partial charge is 0.464 e. The van der Waals surface area contributed by atoms with Crippen molar-refractivity contribution < 1.29 is 14.3 Å². The van der Waals surface area contributed by atoms with E-state index >= 15 is 0 Å². The van der Waals surface area contributed by atoms with E-state index in [9.17, 15) is 9.59 Å². The van der Waals surface area contributed by atoms with Gasteiger partial charge in [-0.1, -0.05) is 13.8 Å². The molecule has 0 amide bonds. The Labute approximate surface area is 95.2 Å². The number of aldehydes is 1. The van der Waals surface area contributed by atoms with Crippen molar-refractivity contribution in [2.45, 2.75) is 26.8 Å². The van der Waals surface area contributed by atoms with Gasteiger partial charge in [0, 0.05) is 6.20 Å². The van der Waals surface area contributed by atoms with Crippen molar-refractivity contribution in [3.63, 3.8) is 0 Å². The SMILES string of the molecule is CCOC(=O)[C@H](C(C)C)n1cccc1C=O. The smallest absolute Gasteiger partial charge is 0.329 e. The summed E-state index contributed by atoms with van der Waals surface area (Å²) in [5.41, 5.74) is 0.492. The van der Waals surface area contributed by atoms with Gasteiger partial charge in [0.25, 0.3) is 0 Å². The van der Waals surface area contributed by atoms with E-state index in [0.29, 0.717) is 12.3 Å². The minimum Gasteiger partial charge on any atom is -0.464 e. The van der Waals surface area contributed by atoms with Gasteiger partial charge in [0.05, 0.1) is 12.3 Å². The quantitative estimate of drug-likeness (QED) is 0.567. The lowest BCUT2D eigenvalue weighted by Gasteiger charge is -2.21. The summed E-state index contributed by atoms with van der Waals surface area (Å²) in [7, 11) is 0. The normalized spacial score (nSPS) is 12.5. The number of nitrogens with zero attached hydrogens (tertiary/aromatic N) is 1. The van der Waals surface area contributed by atoms with Crippen LogP contribution in [0.2, 0.25) is 0 Å². The zero-order valence-electron chi connectivity index (χ0n) is 9.84. The number of ether oxygens (including phenoxy) is 1. The summed E-state index contributed by atoms with van der Waals surface area (Å²) in [6.07, 6.45) is 2.47. The first-order chi connectivity index (χ1) is 7.61. The van der Waals surface area contributed by atoms with Gasteiger partial charge in [-0.2, -0.15) is 0 Å². The molecule has 88 valence electrons. The Bertz CT molecular complexity index is 368. The van der Waals surface area contributed by atoms with Gasteiger partial charge < -0.3 is 9.30 Å². The molecule has 0 saturated heterocycles. The lowest BCUT2D eigenvalue weighted by molar-refractivity contribution is -0.148. The predicted octanol–water partition coefficient (Wildman–Crippen LogP) is 2.06. The molecule has 0 N–H and O–H groups in total. The molecule has 16 heavy (non-hydrogen) atoms. The maximum absolute atomic E-state index is 11.8. The topological polar surface area (TPSA) is 48.3 Å². The predicted molar refractivity (Wildman–Crippen MR) is 60.3 cm³/mol. The molecule has 0 aromatic carbocycles. The Balaban J connectivity index is 3.02. The van der Waals surface area contributed by atoms with Crippen molar-refractivity contribution in [3.8, 4) is 0 Å². The molecule has 0 bridgehead atoms. The van der Waals surface area contributed by atoms with Crippen LogP contribution >= 0.6 is 0 Å². The van der Waals surface area contributed by atoms with Crippen LogP contribution in [0, 0.1) is 5.92 Å². The fraction of sp³-hybridized carbons (Fsp3) is 0.500. The third-order valence-electron chi connectivity index (χ3n) is 2.39. The van der Waals surface area contributed by atoms with E-state index in [2.05, 4.69) is 0 Å². The third-order valence-corrected chi connectivity index (χ3v) is 2.39.